The van der Waals surface area contributed by atoms with Gasteiger partial charge in [-0.25, -0.2) is 8.42 Å². The fourth-order valence-corrected chi connectivity index (χ4v) is 1.65. The molecular formula is C9H20ClN3O3S. The molecule has 0 bridgehead atoms. The minimum Gasteiger partial charge on any atom is -0.353 e. The Kier molecular flexibility index (Phi) is 6.39. The van der Waals surface area contributed by atoms with E-state index in [1.54, 1.807) is 0 Å². The zero-order chi connectivity index (χ0) is 12.3. The fraction of sp³-hybridized carbons (Fsp3) is 0.889. The number of carbonyl (C=O) groups excluding carboxylic acids is 1. The first-order valence-electron chi connectivity index (χ1n) is 5.24. The second kappa shape index (κ2) is 6.53. The number of carbonyl (C=O) groups is 1. The molecule has 1 aliphatic rings. The third-order valence-corrected chi connectivity index (χ3v) is 3.96. The maximum absolute atomic E-state index is 11.4. The van der Waals surface area contributed by atoms with Gasteiger partial charge < -0.3 is 11.1 Å². The van der Waals surface area contributed by atoms with Gasteiger partial charge in [0, 0.05) is 19.6 Å². The molecule has 0 aromatic carbocycles. The van der Waals surface area contributed by atoms with Gasteiger partial charge in [-0.3, -0.25) is 4.79 Å². The zero-order valence-electron chi connectivity index (χ0n) is 10.0. The van der Waals surface area contributed by atoms with Gasteiger partial charge in [0.05, 0.1) is 12.8 Å². The lowest BCUT2D eigenvalue weighted by atomic mass is 10.2. The van der Waals surface area contributed by atoms with Crippen molar-refractivity contribution in [3.05, 3.63) is 0 Å². The highest BCUT2D eigenvalue weighted by Gasteiger charge is 2.28. The van der Waals surface area contributed by atoms with Crippen LogP contribution in [-0.2, 0) is 14.8 Å². The van der Waals surface area contributed by atoms with Crippen molar-refractivity contribution in [1.29, 1.82) is 0 Å². The highest BCUT2D eigenvalue weighted by molar-refractivity contribution is 7.88. The molecule has 0 saturated heterocycles. The van der Waals surface area contributed by atoms with E-state index in [-0.39, 0.29) is 30.9 Å². The minimum absolute atomic E-state index is 0. The molecule has 0 spiro atoms. The second-order valence-corrected chi connectivity index (χ2v) is 6.41. The van der Waals surface area contributed by atoms with Crippen LogP contribution < -0.4 is 11.1 Å². The van der Waals surface area contributed by atoms with Crippen LogP contribution in [0.1, 0.15) is 12.8 Å². The summed E-state index contributed by atoms with van der Waals surface area (Å²) in [6.07, 6.45) is 3.32. The van der Waals surface area contributed by atoms with Gasteiger partial charge in [0.15, 0.2) is 0 Å². The van der Waals surface area contributed by atoms with Gasteiger partial charge in [0.1, 0.15) is 0 Å². The molecule has 1 atom stereocenters. The maximum atomic E-state index is 11.4. The van der Waals surface area contributed by atoms with E-state index in [1.165, 1.54) is 7.05 Å². The van der Waals surface area contributed by atoms with Crippen LogP contribution in [0.15, 0.2) is 0 Å². The molecule has 3 N–H and O–H groups in total. The molecule has 0 aromatic rings. The Morgan fingerprint density at radius 1 is 1.53 bits per heavy atom. The summed E-state index contributed by atoms with van der Waals surface area (Å²) in [5, 5.41) is 2.64. The molecule has 1 unspecified atom stereocenters. The third kappa shape index (κ3) is 6.21. The molecule has 1 aliphatic carbocycles. The van der Waals surface area contributed by atoms with Crippen LogP contribution in [0.3, 0.4) is 0 Å². The quantitative estimate of drug-likeness (QED) is 0.665. The first-order valence-corrected chi connectivity index (χ1v) is 7.09. The topological polar surface area (TPSA) is 92.5 Å². The van der Waals surface area contributed by atoms with Gasteiger partial charge in [-0.2, -0.15) is 4.31 Å². The van der Waals surface area contributed by atoms with Crippen LogP contribution in [-0.4, -0.2) is 51.1 Å². The van der Waals surface area contributed by atoms with Crippen LogP contribution in [0, 0.1) is 5.92 Å². The SMILES string of the molecule is CN(CC(=O)NCC(N)C1CC1)S(C)(=O)=O.Cl. The van der Waals surface area contributed by atoms with E-state index in [2.05, 4.69) is 5.32 Å². The number of sulfonamides is 1. The summed E-state index contributed by atoms with van der Waals surface area (Å²) in [5.41, 5.74) is 5.80. The number of hydrogen-bond acceptors (Lipinski definition) is 4. The Balaban J connectivity index is 0.00000256. The molecule has 1 rings (SSSR count). The molecule has 8 heteroatoms. The van der Waals surface area contributed by atoms with E-state index in [0.717, 1.165) is 23.4 Å². The summed E-state index contributed by atoms with van der Waals surface area (Å²) in [6, 6.07) is -0.00695. The van der Waals surface area contributed by atoms with Gasteiger partial charge in [-0.1, -0.05) is 0 Å². The lowest BCUT2D eigenvalue weighted by Crippen LogP contribution is -2.43. The molecule has 0 aromatic heterocycles. The number of likely N-dealkylation sites (N-methyl/N-ethyl adjacent to an activating group) is 1. The number of amides is 1. The van der Waals surface area contributed by atoms with Gasteiger partial charge in [-0.15, -0.1) is 12.4 Å². The van der Waals surface area contributed by atoms with Crippen molar-refractivity contribution in [2.75, 3.05) is 26.4 Å². The molecule has 0 radical (unpaired) electrons. The highest BCUT2D eigenvalue weighted by Crippen LogP contribution is 2.31. The van der Waals surface area contributed by atoms with E-state index in [4.69, 9.17) is 5.73 Å². The largest absolute Gasteiger partial charge is 0.353 e. The third-order valence-electron chi connectivity index (χ3n) is 2.69. The summed E-state index contributed by atoms with van der Waals surface area (Å²) in [6.45, 7) is 0.261. The predicted molar refractivity (Wildman–Crippen MR) is 68.4 cm³/mol. The molecule has 17 heavy (non-hydrogen) atoms. The van der Waals surface area contributed by atoms with Crippen molar-refractivity contribution in [2.24, 2.45) is 11.7 Å². The van der Waals surface area contributed by atoms with E-state index < -0.39 is 10.0 Å². The molecule has 0 aliphatic heterocycles. The lowest BCUT2D eigenvalue weighted by Gasteiger charge is -2.15. The summed E-state index contributed by atoms with van der Waals surface area (Å²) in [5.74, 6) is 0.206. The van der Waals surface area contributed by atoms with Crippen LogP contribution in [0.5, 0.6) is 0 Å². The van der Waals surface area contributed by atoms with Crippen LogP contribution >= 0.6 is 12.4 Å². The van der Waals surface area contributed by atoms with Crippen molar-refractivity contribution in [2.45, 2.75) is 18.9 Å². The smallest absolute Gasteiger partial charge is 0.235 e. The molecule has 1 amide bonds. The molecule has 102 valence electrons. The lowest BCUT2D eigenvalue weighted by molar-refractivity contribution is -0.121. The fourth-order valence-electron chi connectivity index (χ4n) is 1.30. The van der Waals surface area contributed by atoms with Crippen molar-refractivity contribution in [3.63, 3.8) is 0 Å². The molecule has 0 heterocycles. The molecule has 1 saturated carbocycles. The average Bonchev–Trinajstić information content (AvgIpc) is 2.95. The Labute approximate surface area is 108 Å². The minimum atomic E-state index is -3.30. The van der Waals surface area contributed by atoms with E-state index in [0.29, 0.717) is 12.5 Å². The monoisotopic (exact) mass is 285 g/mol. The number of hydrogen-bond donors (Lipinski definition) is 2. The number of halogens is 1. The normalized spacial score (nSPS) is 17.4. The van der Waals surface area contributed by atoms with E-state index >= 15 is 0 Å². The van der Waals surface area contributed by atoms with Crippen molar-refractivity contribution >= 4 is 28.3 Å². The zero-order valence-corrected chi connectivity index (χ0v) is 11.7. The van der Waals surface area contributed by atoms with Crippen molar-refractivity contribution in [3.8, 4) is 0 Å². The van der Waals surface area contributed by atoms with Crippen LogP contribution in [0.2, 0.25) is 0 Å². The summed E-state index contributed by atoms with van der Waals surface area (Å²) >= 11 is 0. The number of rotatable bonds is 6. The first-order chi connectivity index (χ1) is 7.30. The number of nitrogens with zero attached hydrogens (tertiary/aromatic N) is 1. The average molecular weight is 286 g/mol. The highest BCUT2D eigenvalue weighted by atomic mass is 35.5. The Hall–Kier alpha value is -0.370. The van der Waals surface area contributed by atoms with Crippen LogP contribution in [0.25, 0.3) is 0 Å². The van der Waals surface area contributed by atoms with Crippen molar-refractivity contribution < 1.29 is 13.2 Å². The Bertz CT molecular complexity index is 356. The van der Waals surface area contributed by atoms with Crippen LogP contribution in [0.4, 0.5) is 0 Å². The molecule has 1 fully saturated rings. The van der Waals surface area contributed by atoms with Crippen molar-refractivity contribution in [1.82, 2.24) is 9.62 Å². The molecule has 6 nitrogen and oxygen atoms in total. The maximum Gasteiger partial charge on any atom is 0.235 e. The Morgan fingerprint density at radius 2 is 2.06 bits per heavy atom. The van der Waals surface area contributed by atoms with Gasteiger partial charge in [0.25, 0.3) is 0 Å². The summed E-state index contributed by atoms with van der Waals surface area (Å²) in [7, 11) is -1.93. The number of nitrogens with one attached hydrogen (secondary N) is 1. The van der Waals surface area contributed by atoms with Gasteiger partial charge in [-0.05, 0) is 18.8 Å². The standard InChI is InChI=1S/C9H19N3O3S.ClH/c1-12(16(2,14)15)6-9(13)11-5-8(10)7-3-4-7;/h7-8H,3-6,10H2,1-2H3,(H,11,13);1H. The Morgan fingerprint density at radius 3 is 2.47 bits per heavy atom. The van der Waals surface area contributed by atoms with Gasteiger partial charge >= 0.3 is 0 Å². The summed E-state index contributed by atoms with van der Waals surface area (Å²) in [4.78, 5) is 11.4. The van der Waals surface area contributed by atoms with E-state index in [9.17, 15) is 13.2 Å². The predicted octanol–water partition coefficient (Wildman–Crippen LogP) is -0.847. The van der Waals surface area contributed by atoms with E-state index in [1.807, 2.05) is 0 Å². The number of nitrogens with two attached hydrogens (primary N) is 1. The van der Waals surface area contributed by atoms with Gasteiger partial charge in [0.2, 0.25) is 15.9 Å². The first kappa shape index (κ1) is 16.6. The molecular weight excluding hydrogens is 266 g/mol. The second-order valence-electron chi connectivity index (χ2n) is 4.32. The summed E-state index contributed by atoms with van der Waals surface area (Å²) < 4.78 is 23.1.